The van der Waals surface area contributed by atoms with Crippen LogP contribution in [-0.4, -0.2) is 11.5 Å². The highest BCUT2D eigenvalue weighted by Gasteiger charge is 2.23. The highest BCUT2D eigenvalue weighted by Crippen LogP contribution is 2.29. The second kappa shape index (κ2) is 4.46. The summed E-state index contributed by atoms with van der Waals surface area (Å²) in [6.45, 7) is 0.776. The molecule has 0 fully saturated rings. The molecule has 1 aliphatic rings. The molecule has 0 radical (unpaired) electrons. The molecule has 1 unspecified atom stereocenters. The molecule has 2 heterocycles. The summed E-state index contributed by atoms with van der Waals surface area (Å²) in [5.41, 5.74) is 2.59. The Morgan fingerprint density at radius 2 is 2.06 bits per heavy atom. The summed E-state index contributed by atoms with van der Waals surface area (Å²) >= 11 is 0. The van der Waals surface area contributed by atoms with Crippen molar-refractivity contribution in [2.45, 2.75) is 12.5 Å². The van der Waals surface area contributed by atoms with Gasteiger partial charge in [0.25, 0.3) is 0 Å². The van der Waals surface area contributed by atoms with E-state index in [9.17, 15) is 8.78 Å². The van der Waals surface area contributed by atoms with E-state index < -0.39 is 11.6 Å². The van der Waals surface area contributed by atoms with Crippen LogP contribution in [0.3, 0.4) is 0 Å². The maximum Gasteiger partial charge on any atom is 0.131 e. The molecular formula is C14H12F2N2. The lowest BCUT2D eigenvalue weighted by Gasteiger charge is -2.27. The number of aromatic nitrogens is 1. The highest BCUT2D eigenvalue weighted by molar-refractivity contribution is 5.38. The lowest BCUT2D eigenvalue weighted by atomic mass is 9.91. The van der Waals surface area contributed by atoms with Gasteiger partial charge in [-0.05, 0) is 29.7 Å². The second-order valence-electron chi connectivity index (χ2n) is 4.38. The molecular weight excluding hydrogens is 234 g/mol. The van der Waals surface area contributed by atoms with Gasteiger partial charge in [0.15, 0.2) is 0 Å². The zero-order valence-corrected chi connectivity index (χ0v) is 9.66. The third kappa shape index (κ3) is 1.88. The molecule has 1 aliphatic heterocycles. The zero-order chi connectivity index (χ0) is 12.5. The molecule has 1 atom stereocenters. The molecule has 0 aliphatic carbocycles. The minimum Gasteiger partial charge on any atom is -0.306 e. The van der Waals surface area contributed by atoms with Gasteiger partial charge in [0, 0.05) is 30.6 Å². The van der Waals surface area contributed by atoms with Gasteiger partial charge >= 0.3 is 0 Å². The fourth-order valence-electron chi connectivity index (χ4n) is 2.40. The molecule has 1 aromatic carbocycles. The number of rotatable bonds is 1. The number of hydrogen-bond acceptors (Lipinski definition) is 2. The van der Waals surface area contributed by atoms with Crippen LogP contribution in [0.2, 0.25) is 0 Å². The van der Waals surface area contributed by atoms with Crippen LogP contribution < -0.4 is 5.32 Å². The van der Waals surface area contributed by atoms with Crippen molar-refractivity contribution in [3.05, 3.63) is 65.0 Å². The number of hydrogen-bond donors (Lipinski definition) is 1. The number of nitrogens with zero attached hydrogens (tertiary/aromatic N) is 1. The molecule has 3 rings (SSSR count). The normalized spacial score (nSPS) is 18.4. The molecule has 18 heavy (non-hydrogen) atoms. The summed E-state index contributed by atoms with van der Waals surface area (Å²) in [6.07, 6.45) is 4.38. The number of halogens is 2. The van der Waals surface area contributed by atoms with Gasteiger partial charge in [-0.3, -0.25) is 4.98 Å². The molecule has 2 aromatic rings. The van der Waals surface area contributed by atoms with Crippen molar-refractivity contribution in [2.75, 3.05) is 6.54 Å². The Morgan fingerprint density at radius 1 is 1.17 bits per heavy atom. The SMILES string of the molecule is Fc1ccc(C2NCCc3ccncc32)c(F)c1. The van der Waals surface area contributed by atoms with Crippen LogP contribution in [0.25, 0.3) is 0 Å². The molecule has 0 amide bonds. The first-order valence-corrected chi connectivity index (χ1v) is 5.87. The molecule has 1 N–H and O–H groups in total. The van der Waals surface area contributed by atoms with E-state index in [0.29, 0.717) is 5.56 Å². The van der Waals surface area contributed by atoms with E-state index in [1.807, 2.05) is 6.07 Å². The van der Waals surface area contributed by atoms with Crippen molar-refractivity contribution in [1.82, 2.24) is 10.3 Å². The largest absolute Gasteiger partial charge is 0.306 e. The van der Waals surface area contributed by atoms with E-state index >= 15 is 0 Å². The molecule has 0 spiro atoms. The summed E-state index contributed by atoms with van der Waals surface area (Å²) in [4.78, 5) is 4.08. The highest BCUT2D eigenvalue weighted by atomic mass is 19.1. The van der Waals surface area contributed by atoms with E-state index in [1.165, 1.54) is 12.1 Å². The van der Waals surface area contributed by atoms with E-state index in [0.717, 1.165) is 30.2 Å². The van der Waals surface area contributed by atoms with Gasteiger partial charge < -0.3 is 5.32 Å². The lowest BCUT2D eigenvalue weighted by Crippen LogP contribution is -2.31. The number of nitrogens with one attached hydrogen (secondary N) is 1. The van der Waals surface area contributed by atoms with Gasteiger partial charge in [-0.1, -0.05) is 6.07 Å². The molecule has 1 aromatic heterocycles. The number of pyridine rings is 1. The Bertz CT molecular complexity index is 584. The Morgan fingerprint density at radius 3 is 2.89 bits per heavy atom. The van der Waals surface area contributed by atoms with Crippen LogP contribution in [0.5, 0.6) is 0 Å². The Kier molecular flexibility index (Phi) is 2.80. The predicted octanol–water partition coefficient (Wildman–Crippen LogP) is 2.59. The summed E-state index contributed by atoms with van der Waals surface area (Å²) in [5, 5.41) is 3.25. The minimum atomic E-state index is -0.557. The van der Waals surface area contributed by atoms with E-state index in [2.05, 4.69) is 10.3 Å². The fraction of sp³-hybridized carbons (Fsp3) is 0.214. The van der Waals surface area contributed by atoms with Crippen molar-refractivity contribution >= 4 is 0 Å². The lowest BCUT2D eigenvalue weighted by molar-refractivity contribution is 0.517. The summed E-state index contributed by atoms with van der Waals surface area (Å²) in [7, 11) is 0. The van der Waals surface area contributed by atoms with Crippen molar-refractivity contribution in [3.8, 4) is 0 Å². The van der Waals surface area contributed by atoms with Gasteiger partial charge in [0.05, 0.1) is 6.04 Å². The number of fused-ring (bicyclic) bond motifs is 1. The molecule has 0 saturated heterocycles. The van der Waals surface area contributed by atoms with Crippen LogP contribution in [0.4, 0.5) is 8.78 Å². The average Bonchev–Trinajstić information content (AvgIpc) is 2.38. The van der Waals surface area contributed by atoms with Crippen LogP contribution in [0, 0.1) is 11.6 Å². The molecule has 2 nitrogen and oxygen atoms in total. The van der Waals surface area contributed by atoms with Gasteiger partial charge in [0.2, 0.25) is 0 Å². The van der Waals surface area contributed by atoms with Crippen LogP contribution >= 0.6 is 0 Å². The number of benzene rings is 1. The minimum absolute atomic E-state index is 0.247. The summed E-state index contributed by atoms with van der Waals surface area (Å²) in [6, 6.07) is 5.39. The van der Waals surface area contributed by atoms with Crippen molar-refractivity contribution in [1.29, 1.82) is 0 Å². The third-order valence-electron chi connectivity index (χ3n) is 3.27. The predicted molar refractivity (Wildman–Crippen MR) is 64.1 cm³/mol. The van der Waals surface area contributed by atoms with E-state index in [1.54, 1.807) is 12.4 Å². The van der Waals surface area contributed by atoms with E-state index in [-0.39, 0.29) is 6.04 Å². The summed E-state index contributed by atoms with van der Waals surface area (Å²) < 4.78 is 26.8. The maximum atomic E-state index is 13.8. The standard InChI is InChI=1S/C14H12F2N2/c15-10-1-2-11(13(16)7-10)14-12-8-17-5-3-9(12)4-6-18-14/h1-3,5,7-8,14,18H,4,6H2. The van der Waals surface area contributed by atoms with Gasteiger partial charge in [-0.2, -0.15) is 0 Å². The fourth-order valence-corrected chi connectivity index (χ4v) is 2.40. The zero-order valence-electron chi connectivity index (χ0n) is 9.66. The Labute approximate surface area is 104 Å². The quantitative estimate of drug-likeness (QED) is 0.836. The van der Waals surface area contributed by atoms with E-state index in [4.69, 9.17) is 0 Å². The van der Waals surface area contributed by atoms with Crippen LogP contribution in [0.15, 0.2) is 36.7 Å². The molecule has 0 bridgehead atoms. The first-order chi connectivity index (χ1) is 8.75. The van der Waals surface area contributed by atoms with Gasteiger partial charge in [0.1, 0.15) is 11.6 Å². The first kappa shape index (κ1) is 11.3. The first-order valence-electron chi connectivity index (χ1n) is 5.87. The smallest absolute Gasteiger partial charge is 0.131 e. The van der Waals surface area contributed by atoms with Crippen LogP contribution in [0.1, 0.15) is 22.7 Å². The molecule has 0 saturated carbocycles. The average molecular weight is 246 g/mol. The van der Waals surface area contributed by atoms with Crippen molar-refractivity contribution in [2.24, 2.45) is 0 Å². The molecule has 92 valence electrons. The van der Waals surface area contributed by atoms with Crippen molar-refractivity contribution < 1.29 is 8.78 Å². The monoisotopic (exact) mass is 246 g/mol. The van der Waals surface area contributed by atoms with Crippen LogP contribution in [-0.2, 0) is 6.42 Å². The van der Waals surface area contributed by atoms with Gasteiger partial charge in [-0.25, -0.2) is 8.78 Å². The maximum absolute atomic E-state index is 13.8. The third-order valence-corrected chi connectivity index (χ3v) is 3.27. The Hall–Kier alpha value is -1.81. The van der Waals surface area contributed by atoms with Gasteiger partial charge in [-0.15, -0.1) is 0 Å². The second-order valence-corrected chi connectivity index (χ2v) is 4.38. The summed E-state index contributed by atoms with van der Waals surface area (Å²) in [5.74, 6) is -1.08. The van der Waals surface area contributed by atoms with Crippen molar-refractivity contribution in [3.63, 3.8) is 0 Å². The topological polar surface area (TPSA) is 24.9 Å². The Balaban J connectivity index is 2.08. The molecule has 4 heteroatoms.